The van der Waals surface area contributed by atoms with Gasteiger partial charge in [-0.15, -0.1) is 0 Å². The van der Waals surface area contributed by atoms with Crippen molar-refractivity contribution in [2.45, 2.75) is 6.92 Å². The summed E-state index contributed by atoms with van der Waals surface area (Å²) in [5, 5.41) is 0. The van der Waals surface area contributed by atoms with Gasteiger partial charge in [0, 0.05) is 18.3 Å². The molecule has 6 nitrogen and oxygen atoms in total. The van der Waals surface area contributed by atoms with Gasteiger partial charge in [-0.3, -0.25) is 0 Å². The molecular formula is C19H23NO5. The van der Waals surface area contributed by atoms with Crippen LogP contribution in [0.15, 0.2) is 48.5 Å². The summed E-state index contributed by atoms with van der Waals surface area (Å²) in [7, 11) is 3.21. The number of benzene rings is 2. The fourth-order valence-corrected chi connectivity index (χ4v) is 2.29. The van der Waals surface area contributed by atoms with Crippen LogP contribution in [0.1, 0.15) is 6.92 Å². The standard InChI is InChI=1S/C19H23NO5/c1-4-20(15-6-5-7-18(14-15)23-3)12-13-24-19(21)25-17-10-8-16(22-2)9-11-17/h5-11,14H,4,12-13H2,1-3H3. The summed E-state index contributed by atoms with van der Waals surface area (Å²) in [5.74, 6) is 1.89. The van der Waals surface area contributed by atoms with Crippen LogP contribution in [0.3, 0.4) is 0 Å². The van der Waals surface area contributed by atoms with Gasteiger partial charge in [-0.25, -0.2) is 4.79 Å². The number of methoxy groups -OCH3 is 2. The molecule has 2 aromatic carbocycles. The molecule has 134 valence electrons. The molecule has 0 aromatic heterocycles. The van der Waals surface area contributed by atoms with E-state index in [0.717, 1.165) is 18.0 Å². The monoisotopic (exact) mass is 345 g/mol. The molecule has 6 heteroatoms. The van der Waals surface area contributed by atoms with Crippen molar-refractivity contribution in [1.29, 1.82) is 0 Å². The Balaban J connectivity index is 1.81. The van der Waals surface area contributed by atoms with Crippen LogP contribution >= 0.6 is 0 Å². The Morgan fingerprint density at radius 3 is 2.28 bits per heavy atom. The molecule has 0 bridgehead atoms. The number of carbonyl (C=O) groups is 1. The van der Waals surface area contributed by atoms with Crippen LogP contribution in [-0.2, 0) is 4.74 Å². The second-order valence-electron chi connectivity index (χ2n) is 5.16. The molecular weight excluding hydrogens is 322 g/mol. The highest BCUT2D eigenvalue weighted by molar-refractivity contribution is 5.64. The molecule has 2 aromatic rings. The third-order valence-corrected chi connectivity index (χ3v) is 3.64. The van der Waals surface area contributed by atoms with Crippen molar-refractivity contribution in [2.24, 2.45) is 0 Å². The quantitative estimate of drug-likeness (QED) is 0.536. The molecule has 0 fully saturated rings. The van der Waals surface area contributed by atoms with Crippen molar-refractivity contribution < 1.29 is 23.7 Å². The number of rotatable bonds is 8. The van der Waals surface area contributed by atoms with E-state index in [1.807, 2.05) is 31.2 Å². The van der Waals surface area contributed by atoms with Gasteiger partial charge in [0.05, 0.1) is 20.8 Å². The molecule has 0 unspecified atom stereocenters. The molecule has 0 heterocycles. The minimum atomic E-state index is -0.730. The van der Waals surface area contributed by atoms with Crippen molar-refractivity contribution in [2.75, 3.05) is 38.8 Å². The molecule has 0 atom stereocenters. The maximum absolute atomic E-state index is 11.8. The topological polar surface area (TPSA) is 57.2 Å². The molecule has 0 N–H and O–H groups in total. The highest BCUT2D eigenvalue weighted by atomic mass is 16.7. The molecule has 0 amide bonds. The molecule has 0 saturated heterocycles. The Morgan fingerprint density at radius 1 is 0.960 bits per heavy atom. The molecule has 0 aliphatic carbocycles. The zero-order chi connectivity index (χ0) is 18.1. The van der Waals surface area contributed by atoms with E-state index in [9.17, 15) is 4.79 Å². The van der Waals surface area contributed by atoms with E-state index in [-0.39, 0.29) is 6.61 Å². The van der Waals surface area contributed by atoms with Gasteiger partial charge in [-0.05, 0) is 43.3 Å². The predicted octanol–water partition coefficient (Wildman–Crippen LogP) is 3.75. The maximum atomic E-state index is 11.8. The number of ether oxygens (including phenoxy) is 4. The van der Waals surface area contributed by atoms with Gasteiger partial charge in [-0.2, -0.15) is 0 Å². The van der Waals surface area contributed by atoms with E-state index >= 15 is 0 Å². The van der Waals surface area contributed by atoms with Crippen LogP contribution in [0.25, 0.3) is 0 Å². The summed E-state index contributed by atoms with van der Waals surface area (Å²) < 4.78 is 20.5. The molecule has 25 heavy (non-hydrogen) atoms. The van der Waals surface area contributed by atoms with Crippen LogP contribution in [-0.4, -0.2) is 40.1 Å². The zero-order valence-corrected chi connectivity index (χ0v) is 14.7. The minimum Gasteiger partial charge on any atom is -0.497 e. The van der Waals surface area contributed by atoms with Crippen LogP contribution < -0.4 is 19.1 Å². The number of nitrogens with zero attached hydrogens (tertiary/aromatic N) is 1. The van der Waals surface area contributed by atoms with Gasteiger partial charge in [-0.1, -0.05) is 6.07 Å². The Hall–Kier alpha value is -2.89. The van der Waals surface area contributed by atoms with E-state index in [0.29, 0.717) is 18.0 Å². The van der Waals surface area contributed by atoms with E-state index in [1.165, 1.54) is 0 Å². The highest BCUT2D eigenvalue weighted by Gasteiger charge is 2.09. The third kappa shape index (κ3) is 5.60. The zero-order valence-electron chi connectivity index (χ0n) is 14.7. The summed E-state index contributed by atoms with van der Waals surface area (Å²) in [4.78, 5) is 13.8. The van der Waals surface area contributed by atoms with E-state index < -0.39 is 6.16 Å². The molecule has 0 radical (unpaired) electrons. The lowest BCUT2D eigenvalue weighted by molar-refractivity contribution is 0.101. The van der Waals surface area contributed by atoms with Crippen LogP contribution in [0.5, 0.6) is 17.2 Å². The van der Waals surface area contributed by atoms with Gasteiger partial charge in [0.15, 0.2) is 0 Å². The molecule has 0 spiro atoms. The Labute approximate surface area is 147 Å². The smallest absolute Gasteiger partial charge is 0.497 e. The van der Waals surface area contributed by atoms with E-state index in [2.05, 4.69) is 4.90 Å². The average molecular weight is 345 g/mol. The highest BCUT2D eigenvalue weighted by Crippen LogP contribution is 2.21. The Kier molecular flexibility index (Phi) is 6.95. The Bertz CT molecular complexity index is 672. The lowest BCUT2D eigenvalue weighted by Gasteiger charge is -2.23. The maximum Gasteiger partial charge on any atom is 0.513 e. The fraction of sp³-hybridized carbons (Fsp3) is 0.316. The van der Waals surface area contributed by atoms with Gasteiger partial charge in [0.1, 0.15) is 23.9 Å². The average Bonchev–Trinajstić information content (AvgIpc) is 2.66. The van der Waals surface area contributed by atoms with Crippen LogP contribution in [0, 0.1) is 0 Å². The Morgan fingerprint density at radius 2 is 1.64 bits per heavy atom. The van der Waals surface area contributed by atoms with Crippen LogP contribution in [0.4, 0.5) is 10.5 Å². The second-order valence-corrected chi connectivity index (χ2v) is 5.16. The fourth-order valence-electron chi connectivity index (χ4n) is 2.29. The third-order valence-electron chi connectivity index (χ3n) is 3.64. The first-order valence-corrected chi connectivity index (χ1v) is 8.04. The molecule has 2 rings (SSSR count). The molecule has 0 aliphatic rings. The first-order chi connectivity index (χ1) is 12.2. The summed E-state index contributed by atoms with van der Waals surface area (Å²) in [6, 6.07) is 14.5. The normalized spacial score (nSPS) is 10.0. The molecule has 0 aliphatic heterocycles. The number of anilines is 1. The summed E-state index contributed by atoms with van der Waals surface area (Å²) >= 11 is 0. The number of carbonyl (C=O) groups excluding carboxylic acids is 1. The van der Waals surface area contributed by atoms with Gasteiger partial charge >= 0.3 is 6.16 Å². The van der Waals surface area contributed by atoms with Crippen molar-refractivity contribution >= 4 is 11.8 Å². The number of likely N-dealkylation sites (N-methyl/N-ethyl adjacent to an activating group) is 1. The van der Waals surface area contributed by atoms with Gasteiger partial charge in [0.25, 0.3) is 0 Å². The largest absolute Gasteiger partial charge is 0.513 e. The summed E-state index contributed by atoms with van der Waals surface area (Å²) in [5.41, 5.74) is 1.01. The van der Waals surface area contributed by atoms with Crippen molar-refractivity contribution in [3.05, 3.63) is 48.5 Å². The number of hydrogen-bond acceptors (Lipinski definition) is 6. The summed E-state index contributed by atoms with van der Waals surface area (Å²) in [6.07, 6.45) is -0.730. The SMILES string of the molecule is CCN(CCOC(=O)Oc1ccc(OC)cc1)c1cccc(OC)c1. The first kappa shape index (κ1) is 18.4. The lowest BCUT2D eigenvalue weighted by Crippen LogP contribution is -2.28. The lowest BCUT2D eigenvalue weighted by atomic mass is 10.2. The second kappa shape index (κ2) is 9.42. The van der Waals surface area contributed by atoms with Crippen molar-refractivity contribution in [1.82, 2.24) is 0 Å². The van der Waals surface area contributed by atoms with E-state index in [4.69, 9.17) is 18.9 Å². The molecule has 0 saturated carbocycles. The predicted molar refractivity (Wildman–Crippen MR) is 95.9 cm³/mol. The van der Waals surface area contributed by atoms with Gasteiger partial charge in [0.2, 0.25) is 0 Å². The first-order valence-electron chi connectivity index (χ1n) is 8.04. The van der Waals surface area contributed by atoms with E-state index in [1.54, 1.807) is 38.5 Å². The van der Waals surface area contributed by atoms with Crippen LogP contribution in [0.2, 0.25) is 0 Å². The van der Waals surface area contributed by atoms with Crippen molar-refractivity contribution in [3.8, 4) is 17.2 Å². The number of hydrogen-bond donors (Lipinski definition) is 0. The van der Waals surface area contributed by atoms with Crippen molar-refractivity contribution in [3.63, 3.8) is 0 Å². The van der Waals surface area contributed by atoms with Gasteiger partial charge < -0.3 is 23.8 Å². The minimum absolute atomic E-state index is 0.222. The summed E-state index contributed by atoms with van der Waals surface area (Å²) in [6.45, 7) is 3.60.